The van der Waals surface area contributed by atoms with Crippen LogP contribution in [0.3, 0.4) is 0 Å². The van der Waals surface area contributed by atoms with Gasteiger partial charge >= 0.3 is 6.09 Å². The summed E-state index contributed by atoms with van der Waals surface area (Å²) >= 11 is 0. The smallest absolute Gasteiger partial charge is 0.407 e. The normalized spacial score (nSPS) is 11.2. The Morgan fingerprint density at radius 2 is 1.64 bits per heavy atom. The van der Waals surface area contributed by atoms with E-state index in [0.29, 0.717) is 6.54 Å². The van der Waals surface area contributed by atoms with E-state index in [1.165, 1.54) is 11.1 Å². The lowest BCUT2D eigenvalue weighted by molar-refractivity contribution is 0.0527. The Bertz CT molecular complexity index is 894. The first-order valence-electron chi connectivity index (χ1n) is 9.57. The molecule has 0 radical (unpaired) electrons. The summed E-state index contributed by atoms with van der Waals surface area (Å²) in [5.74, 6) is 0.910. The van der Waals surface area contributed by atoms with Crippen LogP contribution in [0.15, 0.2) is 60.8 Å². The van der Waals surface area contributed by atoms with Gasteiger partial charge in [-0.1, -0.05) is 54.6 Å². The number of nitrogens with zero attached hydrogens (tertiary/aromatic N) is 1. The quantitative estimate of drug-likeness (QED) is 0.580. The van der Waals surface area contributed by atoms with Crippen molar-refractivity contribution in [2.45, 2.75) is 39.2 Å². The Morgan fingerprint density at radius 3 is 2.32 bits per heavy atom. The van der Waals surface area contributed by atoms with Crippen molar-refractivity contribution in [3.8, 4) is 22.4 Å². The van der Waals surface area contributed by atoms with Crippen molar-refractivity contribution in [3.05, 3.63) is 66.6 Å². The van der Waals surface area contributed by atoms with Gasteiger partial charge in [0.2, 0.25) is 0 Å². The largest absolute Gasteiger partial charge is 0.444 e. The van der Waals surface area contributed by atoms with Crippen LogP contribution in [0.25, 0.3) is 22.4 Å². The zero-order chi connectivity index (χ0) is 20.0. The van der Waals surface area contributed by atoms with Crippen LogP contribution in [0.5, 0.6) is 0 Å². The highest BCUT2D eigenvalue weighted by molar-refractivity contribution is 5.68. The van der Waals surface area contributed by atoms with Gasteiger partial charge in [-0.3, -0.25) is 0 Å². The van der Waals surface area contributed by atoms with Gasteiger partial charge in [-0.25, -0.2) is 9.78 Å². The number of rotatable bonds is 6. The molecule has 146 valence electrons. The van der Waals surface area contributed by atoms with Crippen LogP contribution in [0.4, 0.5) is 4.79 Å². The Kier molecular flexibility index (Phi) is 6.14. The third kappa shape index (κ3) is 5.71. The highest BCUT2D eigenvalue weighted by atomic mass is 16.6. The predicted octanol–water partition coefficient (Wildman–Crippen LogP) is 5.20. The Balaban J connectivity index is 1.51. The van der Waals surface area contributed by atoms with Gasteiger partial charge in [0.05, 0.1) is 11.9 Å². The lowest BCUT2D eigenvalue weighted by Gasteiger charge is -2.19. The zero-order valence-electron chi connectivity index (χ0n) is 16.7. The first-order chi connectivity index (χ1) is 13.4. The molecule has 0 unspecified atom stereocenters. The molecule has 2 aromatic carbocycles. The van der Waals surface area contributed by atoms with E-state index in [9.17, 15) is 4.79 Å². The second kappa shape index (κ2) is 8.74. The van der Waals surface area contributed by atoms with Gasteiger partial charge in [0.1, 0.15) is 11.4 Å². The summed E-state index contributed by atoms with van der Waals surface area (Å²) in [6.07, 6.45) is 3.02. The van der Waals surface area contributed by atoms with E-state index in [1.807, 2.05) is 45.2 Å². The molecule has 0 aliphatic carbocycles. The predicted molar refractivity (Wildman–Crippen MR) is 112 cm³/mol. The fourth-order valence-electron chi connectivity index (χ4n) is 2.87. The second-order valence-electron chi connectivity index (χ2n) is 7.72. The molecule has 28 heavy (non-hydrogen) atoms. The lowest BCUT2D eigenvalue weighted by atomic mass is 10.0. The number of aromatic amines is 1. The fraction of sp³-hybridized carbons (Fsp3) is 0.304. The van der Waals surface area contributed by atoms with Gasteiger partial charge in [0.15, 0.2) is 0 Å². The SMILES string of the molecule is CC(C)(C)OC(=O)NCCCc1ncc(-c2ccc(-c3ccccc3)cc2)[nH]1. The molecular weight excluding hydrogens is 350 g/mol. The molecule has 1 aromatic heterocycles. The number of aryl methyl sites for hydroxylation is 1. The third-order valence-electron chi connectivity index (χ3n) is 4.19. The number of ether oxygens (including phenoxy) is 1. The van der Waals surface area contributed by atoms with E-state index < -0.39 is 5.60 Å². The minimum Gasteiger partial charge on any atom is -0.444 e. The first kappa shape index (κ1) is 19.7. The van der Waals surface area contributed by atoms with E-state index in [2.05, 4.69) is 51.7 Å². The molecule has 1 amide bonds. The topological polar surface area (TPSA) is 67.0 Å². The molecule has 0 aliphatic rings. The molecular formula is C23H27N3O2. The molecule has 0 atom stereocenters. The van der Waals surface area contributed by atoms with E-state index >= 15 is 0 Å². The summed E-state index contributed by atoms with van der Waals surface area (Å²) in [5, 5.41) is 2.77. The number of amides is 1. The van der Waals surface area contributed by atoms with Crippen LogP contribution in [0.2, 0.25) is 0 Å². The number of carbonyl (C=O) groups excluding carboxylic acids is 1. The molecule has 5 heteroatoms. The second-order valence-corrected chi connectivity index (χ2v) is 7.72. The molecule has 5 nitrogen and oxygen atoms in total. The number of hydrogen-bond acceptors (Lipinski definition) is 3. The van der Waals surface area contributed by atoms with Gasteiger partial charge in [-0.2, -0.15) is 0 Å². The Hall–Kier alpha value is -3.08. The Morgan fingerprint density at radius 1 is 1.00 bits per heavy atom. The lowest BCUT2D eigenvalue weighted by Crippen LogP contribution is -2.33. The molecule has 0 saturated carbocycles. The number of alkyl carbamates (subject to hydrolysis) is 1. The van der Waals surface area contributed by atoms with Gasteiger partial charge in [-0.15, -0.1) is 0 Å². The molecule has 0 fully saturated rings. The zero-order valence-corrected chi connectivity index (χ0v) is 16.7. The highest BCUT2D eigenvalue weighted by Crippen LogP contribution is 2.23. The molecule has 3 aromatic rings. The summed E-state index contributed by atoms with van der Waals surface area (Å²) in [6, 6.07) is 18.8. The summed E-state index contributed by atoms with van der Waals surface area (Å²) < 4.78 is 5.22. The molecule has 0 bridgehead atoms. The van der Waals surface area contributed by atoms with E-state index in [-0.39, 0.29) is 6.09 Å². The van der Waals surface area contributed by atoms with Crippen LogP contribution >= 0.6 is 0 Å². The minimum atomic E-state index is -0.476. The number of imidazole rings is 1. The number of carbonyl (C=O) groups is 1. The number of aromatic nitrogens is 2. The first-order valence-corrected chi connectivity index (χ1v) is 9.57. The number of hydrogen-bond donors (Lipinski definition) is 2. The van der Waals surface area contributed by atoms with Crippen LogP contribution in [-0.2, 0) is 11.2 Å². The fourth-order valence-corrected chi connectivity index (χ4v) is 2.87. The van der Waals surface area contributed by atoms with Crippen LogP contribution in [-0.4, -0.2) is 28.2 Å². The number of benzene rings is 2. The maximum absolute atomic E-state index is 11.6. The molecule has 0 saturated heterocycles. The summed E-state index contributed by atoms with van der Waals surface area (Å²) in [5.41, 5.74) is 4.02. The van der Waals surface area contributed by atoms with E-state index in [4.69, 9.17) is 4.74 Å². The standard InChI is InChI=1S/C23H27N3O2/c1-23(2,3)28-22(27)24-15-7-10-21-25-16-20(26-21)19-13-11-18(12-14-19)17-8-5-4-6-9-17/h4-6,8-9,11-14,16H,7,10,15H2,1-3H3,(H,24,27)(H,25,26). The van der Waals surface area contributed by atoms with Crippen molar-refractivity contribution in [1.82, 2.24) is 15.3 Å². The summed E-state index contributed by atoms with van der Waals surface area (Å²) in [6.45, 7) is 6.10. The summed E-state index contributed by atoms with van der Waals surface area (Å²) in [7, 11) is 0. The minimum absolute atomic E-state index is 0.383. The molecule has 0 aliphatic heterocycles. The van der Waals surface area contributed by atoms with Gasteiger partial charge in [0.25, 0.3) is 0 Å². The van der Waals surface area contributed by atoms with Crippen LogP contribution < -0.4 is 5.32 Å². The van der Waals surface area contributed by atoms with Crippen molar-refractivity contribution >= 4 is 6.09 Å². The van der Waals surface area contributed by atoms with Gasteiger partial charge in [-0.05, 0) is 43.9 Å². The van der Waals surface area contributed by atoms with Crippen LogP contribution in [0, 0.1) is 0 Å². The third-order valence-corrected chi connectivity index (χ3v) is 4.19. The maximum Gasteiger partial charge on any atom is 0.407 e. The Labute approximate surface area is 166 Å². The number of H-pyrrole nitrogens is 1. The average Bonchev–Trinajstić information content (AvgIpc) is 3.14. The van der Waals surface area contributed by atoms with Crippen molar-refractivity contribution in [1.29, 1.82) is 0 Å². The van der Waals surface area contributed by atoms with Crippen molar-refractivity contribution in [2.75, 3.05) is 6.54 Å². The van der Waals surface area contributed by atoms with Gasteiger partial charge < -0.3 is 15.0 Å². The molecule has 1 heterocycles. The number of nitrogens with one attached hydrogen (secondary N) is 2. The summed E-state index contributed by atoms with van der Waals surface area (Å²) in [4.78, 5) is 19.4. The van der Waals surface area contributed by atoms with Crippen molar-refractivity contribution < 1.29 is 9.53 Å². The molecule has 3 rings (SSSR count). The van der Waals surface area contributed by atoms with Gasteiger partial charge in [0, 0.05) is 13.0 Å². The highest BCUT2D eigenvalue weighted by Gasteiger charge is 2.15. The van der Waals surface area contributed by atoms with Crippen molar-refractivity contribution in [2.24, 2.45) is 0 Å². The van der Waals surface area contributed by atoms with Crippen LogP contribution in [0.1, 0.15) is 33.0 Å². The van der Waals surface area contributed by atoms with E-state index in [0.717, 1.165) is 29.9 Å². The maximum atomic E-state index is 11.6. The molecule has 2 N–H and O–H groups in total. The molecule has 0 spiro atoms. The monoisotopic (exact) mass is 377 g/mol. The van der Waals surface area contributed by atoms with E-state index in [1.54, 1.807) is 0 Å². The van der Waals surface area contributed by atoms with Crippen molar-refractivity contribution in [3.63, 3.8) is 0 Å². The average molecular weight is 377 g/mol.